The number of aromatic amines is 1. The van der Waals surface area contributed by atoms with Crippen molar-refractivity contribution in [2.45, 2.75) is 13.5 Å². The minimum Gasteiger partial charge on any atom is -0.467 e. The number of nitrogens with zero attached hydrogens (tertiary/aromatic N) is 1. The Hall–Kier alpha value is -3.26. The van der Waals surface area contributed by atoms with E-state index in [0.717, 1.165) is 22.2 Å². The lowest BCUT2D eigenvalue weighted by atomic mass is 10.1. The molecular weight excluding hydrogens is 290 g/mol. The maximum Gasteiger partial charge on any atom is 0.262 e. The zero-order chi connectivity index (χ0) is 16.2. The average Bonchev–Trinajstić information content (AvgIpc) is 3.18. The van der Waals surface area contributed by atoms with E-state index in [1.807, 2.05) is 37.3 Å². The Balaban J connectivity index is 1.87. The van der Waals surface area contributed by atoms with Gasteiger partial charge in [-0.2, -0.15) is 5.26 Å². The first kappa shape index (κ1) is 14.7. The van der Waals surface area contributed by atoms with Crippen molar-refractivity contribution in [3.05, 3.63) is 65.3 Å². The Bertz CT molecular complexity index is 912. The smallest absolute Gasteiger partial charge is 0.262 e. The van der Waals surface area contributed by atoms with Gasteiger partial charge in [0.05, 0.1) is 12.8 Å². The van der Waals surface area contributed by atoms with Crippen LogP contribution in [0.15, 0.2) is 52.7 Å². The number of nitriles is 1. The zero-order valence-corrected chi connectivity index (χ0v) is 12.6. The van der Waals surface area contributed by atoms with Gasteiger partial charge in [-0.1, -0.05) is 18.2 Å². The number of fused-ring (bicyclic) bond motifs is 1. The number of carbonyl (C=O) groups excluding carboxylic acids is 1. The number of aryl methyl sites for hydroxylation is 1. The van der Waals surface area contributed by atoms with Crippen LogP contribution in [0.2, 0.25) is 0 Å². The molecule has 0 aliphatic carbocycles. The van der Waals surface area contributed by atoms with Crippen LogP contribution in [0.25, 0.3) is 17.0 Å². The van der Waals surface area contributed by atoms with Gasteiger partial charge in [0.1, 0.15) is 17.4 Å². The Morgan fingerprint density at radius 3 is 2.91 bits per heavy atom. The SMILES string of the molecule is Cc1[nH]c2ccccc2c1/C=C(/C#N)C(=O)NCc1ccco1. The molecule has 0 fully saturated rings. The maximum atomic E-state index is 12.2. The van der Waals surface area contributed by atoms with Gasteiger partial charge in [0.2, 0.25) is 0 Å². The first-order valence-corrected chi connectivity index (χ1v) is 7.18. The van der Waals surface area contributed by atoms with E-state index in [-0.39, 0.29) is 12.1 Å². The number of nitrogens with one attached hydrogen (secondary N) is 2. The fraction of sp³-hybridized carbons (Fsp3) is 0.111. The second-order valence-corrected chi connectivity index (χ2v) is 5.14. The van der Waals surface area contributed by atoms with Crippen LogP contribution in [0.1, 0.15) is 17.0 Å². The third-order valence-corrected chi connectivity index (χ3v) is 3.60. The molecule has 0 saturated heterocycles. The summed E-state index contributed by atoms with van der Waals surface area (Å²) in [4.78, 5) is 15.4. The standard InChI is InChI=1S/C18H15N3O2/c1-12-16(15-6-2-3-7-17(15)21-12)9-13(10-19)18(22)20-11-14-5-4-8-23-14/h2-9,21H,11H2,1H3,(H,20,22)/b13-9-. The monoisotopic (exact) mass is 305 g/mol. The summed E-state index contributed by atoms with van der Waals surface area (Å²) >= 11 is 0. The van der Waals surface area contributed by atoms with Crippen LogP contribution in [0, 0.1) is 18.3 Å². The van der Waals surface area contributed by atoms with Gasteiger partial charge in [0.25, 0.3) is 5.91 Å². The molecule has 2 aromatic heterocycles. The van der Waals surface area contributed by atoms with E-state index in [1.54, 1.807) is 18.2 Å². The number of hydrogen-bond acceptors (Lipinski definition) is 3. The highest BCUT2D eigenvalue weighted by Gasteiger charge is 2.12. The summed E-state index contributed by atoms with van der Waals surface area (Å²) in [5.41, 5.74) is 2.80. The predicted molar refractivity (Wildman–Crippen MR) is 87.2 cm³/mol. The molecule has 5 nitrogen and oxygen atoms in total. The lowest BCUT2D eigenvalue weighted by Crippen LogP contribution is -2.23. The normalized spacial score (nSPS) is 11.4. The van der Waals surface area contributed by atoms with Crippen molar-refractivity contribution < 1.29 is 9.21 Å². The summed E-state index contributed by atoms with van der Waals surface area (Å²) in [7, 11) is 0. The lowest BCUT2D eigenvalue weighted by molar-refractivity contribution is -0.117. The number of amides is 1. The van der Waals surface area contributed by atoms with Gasteiger partial charge < -0.3 is 14.7 Å². The second kappa shape index (κ2) is 6.24. The minimum absolute atomic E-state index is 0.0596. The van der Waals surface area contributed by atoms with Crippen LogP contribution in [-0.4, -0.2) is 10.9 Å². The summed E-state index contributed by atoms with van der Waals surface area (Å²) in [5.74, 6) is 0.215. The third-order valence-electron chi connectivity index (χ3n) is 3.60. The molecule has 0 aliphatic rings. The lowest BCUT2D eigenvalue weighted by Gasteiger charge is -2.02. The van der Waals surface area contributed by atoms with Crippen LogP contribution in [-0.2, 0) is 11.3 Å². The van der Waals surface area contributed by atoms with Gasteiger partial charge >= 0.3 is 0 Å². The molecule has 3 aromatic rings. The Kier molecular flexibility index (Phi) is 3.98. The van der Waals surface area contributed by atoms with E-state index < -0.39 is 5.91 Å². The highest BCUT2D eigenvalue weighted by atomic mass is 16.3. The number of rotatable bonds is 4. The minimum atomic E-state index is -0.423. The van der Waals surface area contributed by atoms with Crippen LogP contribution < -0.4 is 5.32 Å². The molecule has 0 unspecified atom stereocenters. The Labute approximate surface area is 133 Å². The number of para-hydroxylation sites is 1. The van der Waals surface area contributed by atoms with E-state index in [1.165, 1.54) is 6.26 Å². The quantitative estimate of drug-likeness (QED) is 0.573. The number of benzene rings is 1. The van der Waals surface area contributed by atoms with E-state index in [9.17, 15) is 10.1 Å². The molecule has 114 valence electrons. The van der Waals surface area contributed by atoms with Crippen LogP contribution >= 0.6 is 0 Å². The van der Waals surface area contributed by atoms with E-state index >= 15 is 0 Å². The van der Waals surface area contributed by atoms with Gasteiger partial charge in [-0.15, -0.1) is 0 Å². The molecule has 1 aromatic carbocycles. The molecule has 0 spiro atoms. The van der Waals surface area contributed by atoms with Gasteiger partial charge in [-0.05, 0) is 31.2 Å². The predicted octanol–water partition coefficient (Wildman–Crippen LogP) is 3.29. The van der Waals surface area contributed by atoms with Crippen molar-refractivity contribution in [1.82, 2.24) is 10.3 Å². The summed E-state index contributed by atoms with van der Waals surface area (Å²) in [5, 5.41) is 13.0. The molecule has 0 saturated carbocycles. The molecule has 2 heterocycles. The molecule has 5 heteroatoms. The molecular formula is C18H15N3O2. The van der Waals surface area contributed by atoms with Gasteiger partial charge in [0, 0.05) is 22.2 Å². The zero-order valence-electron chi connectivity index (χ0n) is 12.6. The molecule has 3 rings (SSSR count). The molecule has 0 aliphatic heterocycles. The first-order valence-electron chi connectivity index (χ1n) is 7.18. The van der Waals surface area contributed by atoms with Crippen LogP contribution in [0.5, 0.6) is 0 Å². The van der Waals surface area contributed by atoms with Gasteiger partial charge in [-0.3, -0.25) is 4.79 Å². The van der Waals surface area contributed by atoms with Gasteiger partial charge in [-0.25, -0.2) is 0 Å². The Morgan fingerprint density at radius 1 is 1.35 bits per heavy atom. The van der Waals surface area contributed by atoms with Crippen LogP contribution in [0.3, 0.4) is 0 Å². The summed E-state index contributed by atoms with van der Waals surface area (Å²) in [6, 6.07) is 13.3. The molecule has 0 atom stereocenters. The fourth-order valence-electron chi connectivity index (χ4n) is 2.45. The van der Waals surface area contributed by atoms with Crippen molar-refractivity contribution in [2.75, 3.05) is 0 Å². The maximum absolute atomic E-state index is 12.2. The van der Waals surface area contributed by atoms with Crippen molar-refractivity contribution in [1.29, 1.82) is 5.26 Å². The van der Waals surface area contributed by atoms with E-state index in [2.05, 4.69) is 10.3 Å². The molecule has 0 radical (unpaired) electrons. The second-order valence-electron chi connectivity index (χ2n) is 5.14. The molecule has 1 amide bonds. The summed E-state index contributed by atoms with van der Waals surface area (Å²) < 4.78 is 5.16. The summed E-state index contributed by atoms with van der Waals surface area (Å²) in [6.45, 7) is 2.17. The average molecular weight is 305 g/mol. The number of hydrogen-bond donors (Lipinski definition) is 2. The number of H-pyrrole nitrogens is 1. The van der Waals surface area contributed by atoms with Crippen LogP contribution in [0.4, 0.5) is 0 Å². The highest BCUT2D eigenvalue weighted by molar-refractivity contribution is 6.04. The molecule has 2 N–H and O–H groups in total. The molecule has 23 heavy (non-hydrogen) atoms. The largest absolute Gasteiger partial charge is 0.467 e. The Morgan fingerprint density at radius 2 is 2.17 bits per heavy atom. The van der Waals surface area contributed by atoms with Crippen molar-refractivity contribution in [3.8, 4) is 6.07 Å². The summed E-state index contributed by atoms with van der Waals surface area (Å²) in [6.07, 6.45) is 3.16. The van der Waals surface area contributed by atoms with Crippen molar-refractivity contribution >= 4 is 22.9 Å². The first-order chi connectivity index (χ1) is 11.2. The fourth-order valence-corrected chi connectivity index (χ4v) is 2.45. The van der Waals surface area contributed by atoms with Crippen molar-refractivity contribution in [2.24, 2.45) is 0 Å². The number of carbonyl (C=O) groups is 1. The number of aromatic nitrogens is 1. The topological polar surface area (TPSA) is 81.8 Å². The van der Waals surface area contributed by atoms with Crippen molar-refractivity contribution in [3.63, 3.8) is 0 Å². The van der Waals surface area contributed by atoms with E-state index in [0.29, 0.717) is 5.76 Å². The molecule has 0 bridgehead atoms. The van der Waals surface area contributed by atoms with E-state index in [4.69, 9.17) is 4.42 Å². The number of furan rings is 1. The third kappa shape index (κ3) is 3.01. The van der Waals surface area contributed by atoms with Gasteiger partial charge in [0.15, 0.2) is 0 Å². The highest BCUT2D eigenvalue weighted by Crippen LogP contribution is 2.24.